The summed E-state index contributed by atoms with van der Waals surface area (Å²) in [5, 5.41) is 11.5. The number of non-ortho nitro benzene ring substituents is 1. The highest BCUT2D eigenvalue weighted by Crippen LogP contribution is 2.54. The number of Topliss-reactive ketones (excluding diaryl/α,β-unsaturated/α-hetero) is 1. The van der Waals surface area contributed by atoms with Gasteiger partial charge < -0.3 is 0 Å². The molecule has 0 saturated heterocycles. The summed E-state index contributed by atoms with van der Waals surface area (Å²) in [6.07, 6.45) is 4.10. The Morgan fingerprint density at radius 3 is 2.16 bits per heavy atom. The van der Waals surface area contributed by atoms with Crippen LogP contribution in [0.25, 0.3) is 11.1 Å². The number of rotatable bonds is 8. The summed E-state index contributed by atoms with van der Waals surface area (Å²) >= 11 is 0. The Morgan fingerprint density at radius 1 is 0.906 bits per heavy atom. The molecule has 0 unspecified atom stereocenters. The number of nitrogens with zero attached hydrogens (tertiary/aromatic N) is 1. The Balaban J connectivity index is 1.82. The first-order valence-corrected chi connectivity index (χ1v) is 11.4. The highest BCUT2D eigenvalue weighted by molar-refractivity contribution is 5.99. The molecule has 0 aromatic heterocycles. The van der Waals surface area contributed by atoms with Crippen molar-refractivity contribution in [3.8, 4) is 11.1 Å². The predicted octanol–water partition coefficient (Wildman–Crippen LogP) is 7.20. The van der Waals surface area contributed by atoms with E-state index in [0.717, 1.165) is 59.1 Å². The molecular formula is C28H29NO3. The van der Waals surface area contributed by atoms with Gasteiger partial charge in [-0.3, -0.25) is 14.9 Å². The Hall–Kier alpha value is -3.27. The molecule has 0 heterocycles. The van der Waals surface area contributed by atoms with E-state index in [9.17, 15) is 14.9 Å². The van der Waals surface area contributed by atoms with Gasteiger partial charge in [-0.25, -0.2) is 0 Å². The second kappa shape index (κ2) is 8.70. The molecule has 0 atom stereocenters. The van der Waals surface area contributed by atoms with E-state index in [2.05, 4.69) is 19.9 Å². The number of nitro groups is 1. The highest BCUT2D eigenvalue weighted by Gasteiger charge is 2.43. The van der Waals surface area contributed by atoms with Gasteiger partial charge in [0.1, 0.15) is 0 Å². The summed E-state index contributed by atoms with van der Waals surface area (Å²) in [7, 11) is 0. The summed E-state index contributed by atoms with van der Waals surface area (Å²) in [6, 6.07) is 19.2. The quantitative estimate of drug-likeness (QED) is 0.217. The number of carbonyl (C=O) groups excluding carboxylic acids is 1. The van der Waals surface area contributed by atoms with Crippen LogP contribution < -0.4 is 0 Å². The average molecular weight is 428 g/mol. The van der Waals surface area contributed by atoms with Crippen LogP contribution in [0.2, 0.25) is 0 Å². The maximum absolute atomic E-state index is 13.2. The van der Waals surface area contributed by atoms with Crippen molar-refractivity contribution >= 4 is 11.5 Å². The number of hydrogen-bond donors (Lipinski definition) is 0. The minimum absolute atomic E-state index is 0.103. The van der Waals surface area contributed by atoms with E-state index in [1.807, 2.05) is 49.4 Å². The lowest BCUT2D eigenvalue weighted by Crippen LogP contribution is -2.25. The van der Waals surface area contributed by atoms with E-state index in [4.69, 9.17) is 0 Å². The number of hydrogen-bond acceptors (Lipinski definition) is 3. The molecule has 0 N–H and O–H groups in total. The van der Waals surface area contributed by atoms with Crippen LogP contribution in [0.1, 0.15) is 72.1 Å². The van der Waals surface area contributed by atoms with Crippen molar-refractivity contribution in [1.29, 1.82) is 0 Å². The standard InChI is InChI=1S/C28H29NO3/c1-4-14-28(15-5-2)25-16-21(27(30)17-20-9-7-6-8-19(20)3)10-12-23(25)24-13-11-22(29(31)32)18-26(24)28/h6-13,16,18H,4-5,14-15,17H2,1-3H3. The van der Waals surface area contributed by atoms with E-state index in [1.54, 1.807) is 12.1 Å². The monoisotopic (exact) mass is 427 g/mol. The normalized spacial score (nSPS) is 13.5. The number of aryl methyl sites for hydroxylation is 1. The first kappa shape index (κ1) is 21.9. The van der Waals surface area contributed by atoms with Crippen LogP contribution in [0, 0.1) is 17.0 Å². The van der Waals surface area contributed by atoms with Gasteiger partial charge >= 0.3 is 0 Å². The Morgan fingerprint density at radius 2 is 1.53 bits per heavy atom. The third kappa shape index (κ3) is 3.64. The van der Waals surface area contributed by atoms with Crippen LogP contribution in [-0.2, 0) is 11.8 Å². The van der Waals surface area contributed by atoms with Crippen molar-refractivity contribution in [1.82, 2.24) is 0 Å². The maximum Gasteiger partial charge on any atom is 0.269 e. The van der Waals surface area contributed by atoms with Gasteiger partial charge in [-0.2, -0.15) is 0 Å². The van der Waals surface area contributed by atoms with E-state index in [-0.39, 0.29) is 21.8 Å². The van der Waals surface area contributed by atoms with Crippen molar-refractivity contribution in [2.45, 2.75) is 58.3 Å². The first-order chi connectivity index (χ1) is 15.4. The van der Waals surface area contributed by atoms with E-state index < -0.39 is 0 Å². The van der Waals surface area contributed by atoms with Crippen molar-refractivity contribution < 1.29 is 9.72 Å². The third-order valence-corrected chi connectivity index (χ3v) is 6.84. The van der Waals surface area contributed by atoms with Crippen molar-refractivity contribution in [3.05, 3.63) is 98.6 Å². The van der Waals surface area contributed by atoms with Crippen LogP contribution >= 0.6 is 0 Å². The molecule has 0 radical (unpaired) electrons. The van der Waals surface area contributed by atoms with E-state index in [0.29, 0.717) is 12.0 Å². The maximum atomic E-state index is 13.2. The molecule has 3 aromatic rings. The molecule has 0 aliphatic heterocycles. The molecule has 0 saturated carbocycles. The van der Waals surface area contributed by atoms with Crippen LogP contribution in [0.15, 0.2) is 60.7 Å². The van der Waals surface area contributed by atoms with Crippen molar-refractivity contribution in [2.75, 3.05) is 0 Å². The molecule has 1 aliphatic carbocycles. The zero-order valence-corrected chi connectivity index (χ0v) is 19.0. The van der Waals surface area contributed by atoms with Gasteiger partial charge in [0.2, 0.25) is 0 Å². The SMILES string of the molecule is CCCC1(CCC)c2cc(C(=O)Cc3ccccc3C)ccc2-c2ccc([N+](=O)[O-])cc21. The lowest BCUT2D eigenvalue weighted by atomic mass is 9.71. The van der Waals surface area contributed by atoms with Gasteiger partial charge in [-0.1, -0.05) is 63.1 Å². The molecule has 0 bridgehead atoms. The smallest absolute Gasteiger partial charge is 0.269 e. The largest absolute Gasteiger partial charge is 0.294 e. The summed E-state index contributed by atoms with van der Waals surface area (Å²) in [4.78, 5) is 24.4. The number of ketones is 1. The number of benzene rings is 3. The zero-order valence-electron chi connectivity index (χ0n) is 19.0. The number of nitro benzene ring substituents is 1. The molecule has 4 nitrogen and oxygen atoms in total. The summed E-state index contributed by atoms with van der Waals surface area (Å²) < 4.78 is 0. The van der Waals surface area contributed by atoms with E-state index >= 15 is 0 Å². The van der Waals surface area contributed by atoms with Gasteiger partial charge in [0.25, 0.3) is 5.69 Å². The molecule has 4 rings (SSSR count). The van der Waals surface area contributed by atoms with Gasteiger partial charge in [0, 0.05) is 29.5 Å². The molecule has 3 aromatic carbocycles. The average Bonchev–Trinajstić information content (AvgIpc) is 3.04. The van der Waals surface area contributed by atoms with Crippen molar-refractivity contribution in [3.63, 3.8) is 0 Å². The van der Waals surface area contributed by atoms with Gasteiger partial charge in [0.15, 0.2) is 5.78 Å². The molecular weight excluding hydrogens is 398 g/mol. The molecule has 0 amide bonds. The van der Waals surface area contributed by atoms with Gasteiger partial charge in [-0.15, -0.1) is 0 Å². The molecule has 32 heavy (non-hydrogen) atoms. The number of carbonyl (C=O) groups is 1. The molecule has 0 spiro atoms. The summed E-state index contributed by atoms with van der Waals surface area (Å²) in [6.45, 7) is 6.33. The summed E-state index contributed by atoms with van der Waals surface area (Å²) in [5.74, 6) is 0.103. The number of fused-ring (bicyclic) bond motifs is 3. The second-order valence-electron chi connectivity index (χ2n) is 8.86. The predicted molar refractivity (Wildman–Crippen MR) is 128 cm³/mol. The molecule has 1 aliphatic rings. The topological polar surface area (TPSA) is 60.2 Å². The Labute approximate surface area is 189 Å². The molecule has 4 heteroatoms. The first-order valence-electron chi connectivity index (χ1n) is 11.4. The van der Waals surface area contributed by atoms with Crippen LogP contribution in [-0.4, -0.2) is 10.7 Å². The highest BCUT2D eigenvalue weighted by atomic mass is 16.6. The molecule has 0 fully saturated rings. The molecule has 164 valence electrons. The Bertz CT molecular complexity index is 1190. The van der Waals surface area contributed by atoms with Gasteiger partial charge in [-0.05, 0) is 65.3 Å². The van der Waals surface area contributed by atoms with Crippen LogP contribution in [0.3, 0.4) is 0 Å². The Kier molecular flexibility index (Phi) is 5.96. The van der Waals surface area contributed by atoms with Gasteiger partial charge in [0.05, 0.1) is 4.92 Å². The summed E-state index contributed by atoms with van der Waals surface area (Å²) in [5.41, 5.74) is 7.06. The minimum atomic E-state index is -0.316. The minimum Gasteiger partial charge on any atom is -0.294 e. The van der Waals surface area contributed by atoms with E-state index in [1.165, 1.54) is 0 Å². The fraction of sp³-hybridized carbons (Fsp3) is 0.321. The fourth-order valence-electron chi connectivity index (χ4n) is 5.37. The fourth-order valence-corrected chi connectivity index (χ4v) is 5.37. The van der Waals surface area contributed by atoms with Crippen molar-refractivity contribution in [2.24, 2.45) is 0 Å². The zero-order chi connectivity index (χ0) is 22.9. The second-order valence-corrected chi connectivity index (χ2v) is 8.86. The lowest BCUT2D eigenvalue weighted by molar-refractivity contribution is -0.384. The third-order valence-electron chi connectivity index (χ3n) is 6.84. The van der Waals surface area contributed by atoms with Crippen LogP contribution in [0.4, 0.5) is 5.69 Å². The van der Waals surface area contributed by atoms with Crippen LogP contribution in [0.5, 0.6) is 0 Å². The lowest BCUT2D eigenvalue weighted by Gasteiger charge is -2.32.